The molecule has 0 N–H and O–H groups in total. The first-order valence-corrected chi connectivity index (χ1v) is 8.38. The van der Waals surface area contributed by atoms with Crippen LogP contribution in [0.15, 0.2) is 48.5 Å². The molecule has 1 unspecified atom stereocenters. The van der Waals surface area contributed by atoms with Crippen LogP contribution in [-0.2, 0) is 22.6 Å². The number of benzene rings is 2. The summed E-state index contributed by atoms with van der Waals surface area (Å²) in [5.74, 6) is -0.198. The predicted molar refractivity (Wildman–Crippen MR) is 92.6 cm³/mol. The van der Waals surface area contributed by atoms with Crippen LogP contribution in [-0.4, -0.2) is 29.3 Å². The second-order valence-corrected chi connectivity index (χ2v) is 6.61. The first-order valence-electron chi connectivity index (χ1n) is 8.38. The van der Waals surface area contributed by atoms with Gasteiger partial charge in [-0.15, -0.1) is 0 Å². The van der Waals surface area contributed by atoms with Crippen molar-refractivity contribution in [2.24, 2.45) is 0 Å². The highest BCUT2D eigenvalue weighted by Crippen LogP contribution is 2.29. The van der Waals surface area contributed by atoms with Gasteiger partial charge in [0, 0.05) is 13.1 Å². The van der Waals surface area contributed by atoms with Crippen LogP contribution in [0.5, 0.6) is 0 Å². The average molecular weight is 320 g/mol. The molecule has 24 heavy (non-hydrogen) atoms. The number of fused-ring (bicyclic) bond motifs is 1. The topological polar surface area (TPSA) is 40.6 Å². The molecule has 4 rings (SSSR count). The van der Waals surface area contributed by atoms with E-state index < -0.39 is 0 Å². The fraction of sp³-hybridized carbons (Fsp3) is 0.300. The van der Waals surface area contributed by atoms with E-state index in [0.29, 0.717) is 5.69 Å². The minimum absolute atomic E-state index is 0.0942. The molecule has 1 atom stereocenters. The molecular weight excluding hydrogens is 300 g/mol. The van der Waals surface area contributed by atoms with Gasteiger partial charge in [-0.1, -0.05) is 42.0 Å². The van der Waals surface area contributed by atoms with Crippen molar-refractivity contribution in [3.63, 3.8) is 0 Å². The summed E-state index contributed by atoms with van der Waals surface area (Å²) in [6.07, 6.45) is 1.20. The molecule has 0 radical (unpaired) electrons. The Morgan fingerprint density at radius 2 is 1.67 bits per heavy atom. The molecule has 2 aliphatic heterocycles. The lowest BCUT2D eigenvalue weighted by molar-refractivity contribution is -0.123. The van der Waals surface area contributed by atoms with Crippen LogP contribution >= 0.6 is 0 Å². The highest BCUT2D eigenvalue weighted by atomic mass is 16.2. The fourth-order valence-corrected chi connectivity index (χ4v) is 3.65. The SMILES string of the molecule is Cc1ccc(N2C(=O)CC(N3CCc4ccccc4C3)C2=O)cc1. The van der Waals surface area contributed by atoms with Gasteiger partial charge in [-0.05, 0) is 36.6 Å². The van der Waals surface area contributed by atoms with Crippen LogP contribution in [0, 0.1) is 6.92 Å². The lowest BCUT2D eigenvalue weighted by Crippen LogP contribution is -2.44. The van der Waals surface area contributed by atoms with E-state index in [2.05, 4.69) is 23.1 Å². The number of aryl methyl sites for hydroxylation is 1. The molecule has 2 aromatic carbocycles. The summed E-state index contributed by atoms with van der Waals surface area (Å²) < 4.78 is 0. The first-order chi connectivity index (χ1) is 11.6. The summed E-state index contributed by atoms with van der Waals surface area (Å²) in [5, 5.41) is 0. The smallest absolute Gasteiger partial charge is 0.251 e. The zero-order chi connectivity index (χ0) is 16.7. The van der Waals surface area contributed by atoms with Gasteiger partial charge >= 0.3 is 0 Å². The molecule has 2 aromatic rings. The maximum absolute atomic E-state index is 12.9. The van der Waals surface area contributed by atoms with Crippen LogP contribution in [0.4, 0.5) is 5.69 Å². The van der Waals surface area contributed by atoms with Crippen molar-refractivity contribution >= 4 is 17.5 Å². The number of imide groups is 1. The highest BCUT2D eigenvalue weighted by Gasteiger charge is 2.43. The summed E-state index contributed by atoms with van der Waals surface area (Å²) in [6.45, 7) is 3.55. The fourth-order valence-electron chi connectivity index (χ4n) is 3.65. The summed E-state index contributed by atoms with van der Waals surface area (Å²) in [4.78, 5) is 28.8. The second kappa shape index (κ2) is 5.87. The van der Waals surface area contributed by atoms with Crippen molar-refractivity contribution in [2.45, 2.75) is 32.4 Å². The van der Waals surface area contributed by atoms with Gasteiger partial charge in [-0.3, -0.25) is 14.5 Å². The minimum atomic E-state index is -0.341. The summed E-state index contributed by atoms with van der Waals surface area (Å²) in [5.41, 5.74) is 4.40. The predicted octanol–water partition coefficient (Wildman–Crippen LogP) is 2.69. The number of hydrogen-bond acceptors (Lipinski definition) is 3. The molecule has 0 aliphatic carbocycles. The van der Waals surface area contributed by atoms with Gasteiger partial charge in [0.25, 0.3) is 5.91 Å². The zero-order valence-corrected chi connectivity index (χ0v) is 13.7. The van der Waals surface area contributed by atoms with Crippen LogP contribution in [0.2, 0.25) is 0 Å². The van der Waals surface area contributed by atoms with Crippen LogP contribution in [0.1, 0.15) is 23.1 Å². The largest absolute Gasteiger partial charge is 0.287 e. The molecular formula is C20H20N2O2. The number of carbonyl (C=O) groups is 2. The average Bonchev–Trinajstić information content (AvgIpc) is 2.90. The van der Waals surface area contributed by atoms with E-state index in [1.165, 1.54) is 16.0 Å². The van der Waals surface area contributed by atoms with Crippen LogP contribution in [0.3, 0.4) is 0 Å². The molecule has 0 saturated carbocycles. The van der Waals surface area contributed by atoms with E-state index in [1.807, 2.05) is 37.3 Å². The number of amides is 2. The maximum atomic E-state index is 12.9. The first kappa shape index (κ1) is 15.1. The van der Waals surface area contributed by atoms with E-state index in [9.17, 15) is 9.59 Å². The van der Waals surface area contributed by atoms with Crippen molar-refractivity contribution < 1.29 is 9.59 Å². The Labute approximate surface area is 141 Å². The van der Waals surface area contributed by atoms with E-state index in [0.717, 1.165) is 25.1 Å². The number of hydrogen-bond donors (Lipinski definition) is 0. The lowest BCUT2D eigenvalue weighted by atomic mass is 9.98. The quantitative estimate of drug-likeness (QED) is 0.799. The Morgan fingerprint density at radius 1 is 0.958 bits per heavy atom. The molecule has 2 heterocycles. The van der Waals surface area contributed by atoms with E-state index in [1.54, 1.807) is 0 Å². The Kier molecular flexibility index (Phi) is 3.69. The third-order valence-electron chi connectivity index (χ3n) is 5.02. The lowest BCUT2D eigenvalue weighted by Gasteiger charge is -2.32. The molecule has 2 aliphatic rings. The standard InChI is InChI=1S/C20H20N2O2/c1-14-6-8-17(9-7-14)22-19(23)12-18(20(22)24)21-11-10-15-4-2-3-5-16(15)13-21/h2-9,18H,10-13H2,1H3. The van der Waals surface area contributed by atoms with Gasteiger partial charge in [-0.25, -0.2) is 4.90 Å². The van der Waals surface area contributed by atoms with Crippen molar-refractivity contribution in [1.82, 2.24) is 4.90 Å². The van der Waals surface area contributed by atoms with Gasteiger partial charge in [0.2, 0.25) is 5.91 Å². The van der Waals surface area contributed by atoms with Crippen molar-refractivity contribution in [3.8, 4) is 0 Å². The molecule has 0 bridgehead atoms. The molecule has 4 nitrogen and oxygen atoms in total. The number of anilines is 1. The van der Waals surface area contributed by atoms with Crippen molar-refractivity contribution in [1.29, 1.82) is 0 Å². The second-order valence-electron chi connectivity index (χ2n) is 6.61. The van der Waals surface area contributed by atoms with Gasteiger partial charge in [0.1, 0.15) is 0 Å². The molecule has 122 valence electrons. The minimum Gasteiger partial charge on any atom is -0.287 e. The van der Waals surface area contributed by atoms with E-state index in [-0.39, 0.29) is 24.3 Å². The van der Waals surface area contributed by atoms with Gasteiger partial charge < -0.3 is 0 Å². The molecule has 0 aromatic heterocycles. The Balaban J connectivity index is 1.57. The van der Waals surface area contributed by atoms with E-state index >= 15 is 0 Å². The molecule has 0 spiro atoms. The Morgan fingerprint density at radius 3 is 2.42 bits per heavy atom. The molecule has 2 amide bonds. The Bertz CT molecular complexity index is 798. The van der Waals surface area contributed by atoms with Crippen molar-refractivity contribution in [2.75, 3.05) is 11.4 Å². The number of nitrogens with zero attached hydrogens (tertiary/aromatic N) is 2. The summed E-state index contributed by atoms with van der Waals surface area (Å²) in [7, 11) is 0. The van der Waals surface area contributed by atoms with E-state index in [4.69, 9.17) is 0 Å². The summed E-state index contributed by atoms with van der Waals surface area (Å²) >= 11 is 0. The number of rotatable bonds is 2. The van der Waals surface area contributed by atoms with Gasteiger partial charge in [0.05, 0.1) is 18.2 Å². The van der Waals surface area contributed by atoms with Gasteiger partial charge in [0.15, 0.2) is 0 Å². The van der Waals surface area contributed by atoms with Crippen molar-refractivity contribution in [3.05, 3.63) is 65.2 Å². The zero-order valence-electron chi connectivity index (χ0n) is 13.7. The van der Waals surface area contributed by atoms with Gasteiger partial charge in [-0.2, -0.15) is 0 Å². The normalized spacial score (nSPS) is 21.2. The molecule has 4 heteroatoms. The molecule has 1 fully saturated rings. The maximum Gasteiger partial charge on any atom is 0.251 e. The summed E-state index contributed by atoms with van der Waals surface area (Å²) in [6, 6.07) is 15.6. The number of carbonyl (C=O) groups excluding carboxylic acids is 2. The third-order valence-corrected chi connectivity index (χ3v) is 5.02. The van der Waals surface area contributed by atoms with Crippen LogP contribution in [0.25, 0.3) is 0 Å². The Hall–Kier alpha value is -2.46. The third kappa shape index (κ3) is 2.53. The molecule has 1 saturated heterocycles. The van der Waals surface area contributed by atoms with Crippen LogP contribution < -0.4 is 4.90 Å². The monoisotopic (exact) mass is 320 g/mol. The highest BCUT2D eigenvalue weighted by molar-refractivity contribution is 6.22.